The van der Waals surface area contributed by atoms with Crippen molar-refractivity contribution in [3.63, 3.8) is 0 Å². The lowest BCUT2D eigenvalue weighted by Gasteiger charge is -2.12. The molecule has 0 radical (unpaired) electrons. The molecule has 3 nitrogen and oxygen atoms in total. The van der Waals surface area contributed by atoms with E-state index >= 15 is 0 Å². The van der Waals surface area contributed by atoms with Gasteiger partial charge in [-0.2, -0.15) is 0 Å². The number of hydrogen-bond acceptors (Lipinski definition) is 3. The average molecular weight is 351 g/mol. The Kier molecular flexibility index (Phi) is 4.48. The molecule has 0 aliphatic carbocycles. The van der Waals surface area contributed by atoms with Gasteiger partial charge in [-0.3, -0.25) is 9.59 Å². The highest BCUT2D eigenvalue weighted by Gasteiger charge is 2.19. The summed E-state index contributed by atoms with van der Waals surface area (Å²) in [5.41, 5.74) is 0.444. The van der Waals surface area contributed by atoms with E-state index in [0.717, 1.165) is 10.9 Å². The predicted molar refractivity (Wildman–Crippen MR) is 105 cm³/mol. The number of carbonyl (C=O) groups excluding carboxylic acids is 1. The average Bonchev–Trinajstić information content (AvgIpc) is 2.82. The highest BCUT2D eigenvalue weighted by Crippen LogP contribution is 2.16. The van der Waals surface area contributed by atoms with Gasteiger partial charge in [0.15, 0.2) is 5.78 Å². The molecule has 1 heterocycles. The second-order valence-electron chi connectivity index (χ2n) is 7.18. The Bertz CT molecular complexity index is 1130. The number of Topliss-reactive ketones (excluding diaryl/α,β-unsaturated/α-hetero) is 1. The number of fused-ring (bicyclic) bond motifs is 1. The van der Waals surface area contributed by atoms with Crippen molar-refractivity contribution >= 4 is 40.0 Å². The summed E-state index contributed by atoms with van der Waals surface area (Å²) in [5.74, 6) is 0.0154. The van der Waals surface area contributed by atoms with Gasteiger partial charge in [-0.1, -0.05) is 57.2 Å². The molecule has 0 amide bonds. The first kappa shape index (κ1) is 17.4. The van der Waals surface area contributed by atoms with Crippen molar-refractivity contribution in [2.45, 2.75) is 20.8 Å². The van der Waals surface area contributed by atoms with Gasteiger partial charge in [-0.25, -0.2) is 0 Å². The highest BCUT2D eigenvalue weighted by atomic mass is 32.1. The van der Waals surface area contributed by atoms with Gasteiger partial charge in [0, 0.05) is 18.5 Å². The number of ketones is 1. The van der Waals surface area contributed by atoms with E-state index in [1.807, 2.05) is 45.0 Å². The zero-order valence-corrected chi connectivity index (χ0v) is 15.7. The van der Waals surface area contributed by atoms with Crippen LogP contribution in [0.15, 0.2) is 47.3 Å². The number of carbonyl (C=O) groups is 1. The van der Waals surface area contributed by atoms with Crippen LogP contribution in [0.25, 0.3) is 22.9 Å². The van der Waals surface area contributed by atoms with Crippen LogP contribution >= 0.6 is 11.3 Å². The Labute approximate surface area is 150 Å². The van der Waals surface area contributed by atoms with Crippen molar-refractivity contribution in [2.75, 3.05) is 0 Å². The van der Waals surface area contributed by atoms with E-state index in [2.05, 4.69) is 24.3 Å². The first-order valence-electron chi connectivity index (χ1n) is 8.18. The molecule has 128 valence electrons. The molecule has 0 atom stereocenters. The maximum atomic E-state index is 12.5. The number of aromatic nitrogens is 1. The van der Waals surface area contributed by atoms with Crippen LogP contribution in [0.1, 0.15) is 26.3 Å². The molecule has 0 fully saturated rings. The van der Waals surface area contributed by atoms with Crippen LogP contribution < -0.4 is 14.8 Å². The summed E-state index contributed by atoms with van der Waals surface area (Å²) in [7, 11) is 1.71. The molecule has 25 heavy (non-hydrogen) atoms. The van der Waals surface area contributed by atoms with E-state index < -0.39 is 5.41 Å². The van der Waals surface area contributed by atoms with Gasteiger partial charge >= 0.3 is 0 Å². The normalized spacial score (nSPS) is 13.6. The van der Waals surface area contributed by atoms with Gasteiger partial charge in [-0.15, -0.1) is 11.3 Å². The summed E-state index contributed by atoms with van der Waals surface area (Å²) in [6, 6.07) is 14.3. The summed E-state index contributed by atoms with van der Waals surface area (Å²) in [6.45, 7) is 5.62. The molecule has 0 saturated carbocycles. The van der Waals surface area contributed by atoms with Gasteiger partial charge < -0.3 is 4.57 Å². The minimum Gasteiger partial charge on any atom is -0.302 e. The smallest absolute Gasteiger partial charge is 0.268 e. The zero-order chi connectivity index (χ0) is 18.2. The molecule has 1 aromatic heterocycles. The lowest BCUT2D eigenvalue weighted by Crippen LogP contribution is -2.30. The maximum Gasteiger partial charge on any atom is 0.268 e. The number of hydrogen-bond donors (Lipinski definition) is 0. The number of rotatable bonds is 2. The van der Waals surface area contributed by atoms with E-state index in [1.165, 1.54) is 16.7 Å². The number of benzene rings is 2. The van der Waals surface area contributed by atoms with Crippen LogP contribution in [0.3, 0.4) is 0 Å². The molecule has 0 unspecified atom stereocenters. The fourth-order valence-electron chi connectivity index (χ4n) is 2.49. The molecule has 3 rings (SSSR count). The van der Waals surface area contributed by atoms with Gasteiger partial charge in [0.05, 0.1) is 4.53 Å². The Morgan fingerprint density at radius 1 is 1.08 bits per heavy atom. The van der Waals surface area contributed by atoms with Gasteiger partial charge in [-0.05, 0) is 28.5 Å². The lowest BCUT2D eigenvalue weighted by atomic mass is 9.91. The van der Waals surface area contributed by atoms with Crippen molar-refractivity contribution in [3.05, 3.63) is 67.6 Å². The van der Waals surface area contributed by atoms with E-state index in [0.29, 0.717) is 9.20 Å². The first-order valence-corrected chi connectivity index (χ1v) is 9.00. The molecular formula is C21H21NO2S. The Hall–Kier alpha value is -2.46. The van der Waals surface area contributed by atoms with Crippen molar-refractivity contribution in [2.24, 2.45) is 12.5 Å². The third kappa shape index (κ3) is 3.64. The molecular weight excluding hydrogens is 330 g/mol. The molecule has 2 aromatic carbocycles. The summed E-state index contributed by atoms with van der Waals surface area (Å²) in [4.78, 5) is 24.7. The molecule has 0 aliphatic rings. The minimum absolute atomic E-state index is 0.0154. The molecule has 0 spiro atoms. The summed E-state index contributed by atoms with van der Waals surface area (Å²) in [5, 5.41) is 2.31. The summed E-state index contributed by atoms with van der Waals surface area (Å²) < 4.78 is 2.85. The van der Waals surface area contributed by atoms with E-state index in [4.69, 9.17) is 0 Å². The van der Waals surface area contributed by atoms with Crippen molar-refractivity contribution in [3.8, 4) is 0 Å². The van der Waals surface area contributed by atoms with Crippen LogP contribution in [-0.4, -0.2) is 10.4 Å². The second kappa shape index (κ2) is 6.45. The molecule has 0 saturated heterocycles. The number of nitrogens with zero attached hydrogens (tertiary/aromatic N) is 1. The van der Waals surface area contributed by atoms with E-state index in [9.17, 15) is 9.59 Å². The van der Waals surface area contributed by atoms with E-state index in [-0.39, 0.29) is 11.3 Å². The third-order valence-electron chi connectivity index (χ3n) is 4.13. The minimum atomic E-state index is -0.456. The first-order chi connectivity index (χ1) is 11.8. The highest BCUT2D eigenvalue weighted by molar-refractivity contribution is 7.07. The fraction of sp³-hybridized carbons (Fsp3) is 0.238. The molecule has 0 bridgehead atoms. The summed E-state index contributed by atoms with van der Waals surface area (Å²) >= 11 is 1.35. The Morgan fingerprint density at radius 2 is 1.76 bits per heavy atom. The maximum absolute atomic E-state index is 12.5. The monoisotopic (exact) mass is 351 g/mol. The van der Waals surface area contributed by atoms with Crippen molar-refractivity contribution in [1.29, 1.82) is 0 Å². The largest absolute Gasteiger partial charge is 0.302 e. The Morgan fingerprint density at radius 3 is 2.44 bits per heavy atom. The van der Waals surface area contributed by atoms with Gasteiger partial charge in [0.2, 0.25) is 0 Å². The topological polar surface area (TPSA) is 39.1 Å². The predicted octanol–water partition coefficient (Wildman–Crippen LogP) is 2.82. The van der Waals surface area contributed by atoms with Crippen molar-refractivity contribution < 1.29 is 4.79 Å². The third-order valence-corrected chi connectivity index (χ3v) is 5.24. The number of thiazole rings is 1. The SMILES string of the molecule is Cn1c(=O)/c(=C/c2ccc3ccccc3c2)s/c1=C/C(=O)C(C)(C)C. The fourth-order valence-corrected chi connectivity index (χ4v) is 3.52. The zero-order valence-electron chi connectivity index (χ0n) is 14.9. The van der Waals surface area contributed by atoms with Crippen LogP contribution in [0.5, 0.6) is 0 Å². The van der Waals surface area contributed by atoms with Crippen molar-refractivity contribution in [1.82, 2.24) is 4.57 Å². The van der Waals surface area contributed by atoms with Gasteiger partial charge in [0.1, 0.15) is 4.66 Å². The molecule has 4 heteroatoms. The summed E-state index contributed by atoms with van der Waals surface area (Å²) in [6.07, 6.45) is 3.46. The van der Waals surface area contributed by atoms with Crippen LogP contribution in [0.4, 0.5) is 0 Å². The van der Waals surface area contributed by atoms with Gasteiger partial charge in [0.25, 0.3) is 5.56 Å². The Balaban J connectivity index is 2.12. The van der Waals surface area contributed by atoms with Crippen LogP contribution in [-0.2, 0) is 11.8 Å². The van der Waals surface area contributed by atoms with Crippen LogP contribution in [0, 0.1) is 5.41 Å². The molecule has 3 aromatic rings. The standard InChI is InChI=1S/C21H21NO2S/c1-21(2,3)18(23)13-19-22(4)20(24)17(25-19)12-14-9-10-15-7-5-6-8-16(15)11-14/h5-13H,1-4H3/b17-12-,19-13+. The second-order valence-corrected chi connectivity index (χ2v) is 8.24. The molecule has 0 aliphatic heterocycles. The molecule has 0 N–H and O–H groups in total. The quantitative estimate of drug-likeness (QED) is 0.712. The lowest BCUT2D eigenvalue weighted by molar-refractivity contribution is -0.120. The van der Waals surface area contributed by atoms with E-state index in [1.54, 1.807) is 17.7 Å². The van der Waals surface area contributed by atoms with Crippen LogP contribution in [0.2, 0.25) is 0 Å².